The van der Waals surface area contributed by atoms with Crippen LogP contribution in [0.3, 0.4) is 0 Å². The summed E-state index contributed by atoms with van der Waals surface area (Å²) in [5.74, 6) is 0. The van der Waals surface area contributed by atoms with Gasteiger partial charge in [-0.25, -0.2) is 0 Å². The standard InChI is InChI=1S/BH4N.Li.H2O.H/c1-2;;;/h1-2H2;;1H2;. The summed E-state index contributed by atoms with van der Waals surface area (Å²) in [6.45, 7) is 0. The van der Waals surface area contributed by atoms with E-state index in [-0.39, 0.29) is 24.3 Å². The molecule has 0 fully saturated rings. The van der Waals surface area contributed by atoms with Crippen molar-refractivity contribution in [2.75, 3.05) is 0 Å². The predicted molar refractivity (Wildman–Crippen MR) is 23.5 cm³/mol. The van der Waals surface area contributed by atoms with Crippen LogP contribution in [-0.2, 0) is 0 Å². The Morgan fingerprint density at radius 2 is 1.25 bits per heavy atom. The molecule has 0 atom stereocenters. The molecule has 22 valence electrons. The van der Waals surface area contributed by atoms with E-state index in [2.05, 4.69) is 5.64 Å². The third kappa shape index (κ3) is 19.1. The van der Waals surface area contributed by atoms with Gasteiger partial charge in [-0.3, -0.25) is 0 Å². The summed E-state index contributed by atoms with van der Waals surface area (Å²) in [5, 5.41) is 0. The Kier molecular flexibility index (Phi) is 414. The number of nitrogens with two attached hydrogens (primary N) is 1. The first kappa shape index (κ1) is 23.5. The summed E-state index contributed by atoms with van der Waals surface area (Å²) in [6.07, 6.45) is 0. The molecule has 0 heterocycles. The van der Waals surface area contributed by atoms with Crippen molar-refractivity contribution in [1.82, 2.24) is 0 Å². The van der Waals surface area contributed by atoms with Gasteiger partial charge in [0.05, 0.1) is 0 Å². The number of hydrogen-bond acceptors (Lipinski definition) is 1. The SMILES string of the molecule is BN.O.[LiH]. The average Bonchev–Trinajstić information content (AvgIpc) is 1.00. The first-order valence-corrected chi connectivity index (χ1v) is 0.577. The summed E-state index contributed by atoms with van der Waals surface area (Å²) in [5.41, 5.74) is 4.50. The third-order valence-corrected chi connectivity index (χ3v) is 0. The van der Waals surface area contributed by atoms with Gasteiger partial charge in [-0.15, -0.1) is 0 Å². The summed E-state index contributed by atoms with van der Waals surface area (Å²) in [4.78, 5) is 0. The van der Waals surface area contributed by atoms with E-state index in [0.717, 1.165) is 0 Å². The zero-order chi connectivity index (χ0) is 2.00. The molecule has 0 amide bonds. The van der Waals surface area contributed by atoms with Crippen molar-refractivity contribution >= 4 is 26.8 Å². The summed E-state index contributed by atoms with van der Waals surface area (Å²) in [7, 11) is 1.50. The van der Waals surface area contributed by atoms with Crippen LogP contribution >= 0.6 is 0 Å². The van der Waals surface area contributed by atoms with Crippen molar-refractivity contribution in [2.24, 2.45) is 5.64 Å². The Bertz CT molecular complexity index is 8.00. The number of rotatable bonds is 0. The van der Waals surface area contributed by atoms with E-state index in [4.69, 9.17) is 0 Å². The van der Waals surface area contributed by atoms with Crippen LogP contribution < -0.4 is 5.64 Å². The monoisotopic (exact) mass is 55.1 g/mol. The van der Waals surface area contributed by atoms with Crippen molar-refractivity contribution in [3.63, 3.8) is 0 Å². The fourth-order valence-electron chi connectivity index (χ4n) is 0. The van der Waals surface area contributed by atoms with Crippen LogP contribution in [0.25, 0.3) is 0 Å². The van der Waals surface area contributed by atoms with Crippen molar-refractivity contribution in [2.45, 2.75) is 0 Å². The van der Waals surface area contributed by atoms with Crippen molar-refractivity contribution < 1.29 is 5.48 Å². The molecule has 4 N–H and O–H groups in total. The maximum atomic E-state index is 4.50. The molecular weight excluding hydrogens is 47.8 g/mol. The molecular formula is H7BLiNO. The normalized spacial score (nSPS) is 1.25. The van der Waals surface area contributed by atoms with Gasteiger partial charge in [0.1, 0.15) is 0 Å². The van der Waals surface area contributed by atoms with Gasteiger partial charge < -0.3 is 11.1 Å². The van der Waals surface area contributed by atoms with Gasteiger partial charge >= 0.3 is 18.9 Å². The van der Waals surface area contributed by atoms with Gasteiger partial charge in [-0.05, 0) is 0 Å². The van der Waals surface area contributed by atoms with E-state index in [9.17, 15) is 0 Å². The van der Waals surface area contributed by atoms with E-state index in [1.807, 2.05) is 0 Å². The molecule has 0 aliphatic rings. The quantitative estimate of drug-likeness (QED) is 0.295. The Morgan fingerprint density at radius 1 is 1.25 bits per heavy atom. The molecule has 0 spiro atoms. The molecule has 2 nitrogen and oxygen atoms in total. The Balaban J connectivity index is -0.00000000500. The van der Waals surface area contributed by atoms with E-state index in [1.54, 1.807) is 0 Å². The second-order valence-corrected chi connectivity index (χ2v) is 0. The van der Waals surface area contributed by atoms with Gasteiger partial charge in [0, 0.05) is 0 Å². The first-order chi connectivity index (χ1) is 1.00. The van der Waals surface area contributed by atoms with E-state index in [0.29, 0.717) is 0 Å². The average molecular weight is 54.8 g/mol. The van der Waals surface area contributed by atoms with Gasteiger partial charge in [0.15, 0.2) is 7.98 Å². The van der Waals surface area contributed by atoms with Crippen LogP contribution in [0.2, 0.25) is 0 Å². The van der Waals surface area contributed by atoms with E-state index >= 15 is 0 Å². The van der Waals surface area contributed by atoms with Gasteiger partial charge in [0.2, 0.25) is 0 Å². The van der Waals surface area contributed by atoms with Crippen LogP contribution in [0.1, 0.15) is 0 Å². The third-order valence-electron chi connectivity index (χ3n) is 0. The molecule has 0 unspecified atom stereocenters. The van der Waals surface area contributed by atoms with Crippen molar-refractivity contribution in [1.29, 1.82) is 0 Å². The Hall–Kier alpha value is 0.582. The fourth-order valence-corrected chi connectivity index (χ4v) is 0. The molecule has 0 aromatic rings. The Labute approximate surface area is 38.7 Å². The molecule has 4 heteroatoms. The maximum absolute atomic E-state index is 4.50. The molecule has 0 bridgehead atoms. The second kappa shape index (κ2) is 70.4. The molecule has 0 aliphatic heterocycles. The zero-order valence-corrected chi connectivity index (χ0v) is 2.08. The molecule has 0 aromatic carbocycles. The minimum absolute atomic E-state index is 0. The molecule has 0 saturated heterocycles. The molecule has 0 aromatic heterocycles. The summed E-state index contributed by atoms with van der Waals surface area (Å²) in [6, 6.07) is 0. The topological polar surface area (TPSA) is 57.5 Å². The van der Waals surface area contributed by atoms with Crippen LogP contribution in [0.5, 0.6) is 0 Å². The van der Waals surface area contributed by atoms with Gasteiger partial charge in [0.25, 0.3) is 0 Å². The predicted octanol–water partition coefficient (Wildman–Crippen LogP) is -2.98. The molecule has 0 saturated carbocycles. The minimum atomic E-state index is 0. The number of hydrogen-bond donors (Lipinski definition) is 1. The summed E-state index contributed by atoms with van der Waals surface area (Å²) >= 11 is 0. The molecule has 0 aliphatic carbocycles. The van der Waals surface area contributed by atoms with Crippen LogP contribution in [-0.4, -0.2) is 32.3 Å². The summed E-state index contributed by atoms with van der Waals surface area (Å²) < 4.78 is 0. The first-order valence-electron chi connectivity index (χ1n) is 0.577. The van der Waals surface area contributed by atoms with Crippen LogP contribution in [0, 0.1) is 0 Å². The fraction of sp³-hybridized carbons (Fsp3) is 0. The Morgan fingerprint density at radius 3 is 1.25 bits per heavy atom. The molecule has 0 radical (unpaired) electrons. The van der Waals surface area contributed by atoms with Crippen LogP contribution in [0.15, 0.2) is 0 Å². The molecule has 4 heavy (non-hydrogen) atoms. The van der Waals surface area contributed by atoms with E-state index in [1.165, 1.54) is 7.98 Å². The zero-order valence-electron chi connectivity index (χ0n) is 2.08. The van der Waals surface area contributed by atoms with Crippen molar-refractivity contribution in [3.05, 3.63) is 0 Å². The van der Waals surface area contributed by atoms with E-state index < -0.39 is 0 Å². The van der Waals surface area contributed by atoms with Gasteiger partial charge in [-0.2, -0.15) is 0 Å². The van der Waals surface area contributed by atoms with Crippen LogP contribution in [0.4, 0.5) is 0 Å². The molecule has 0 rings (SSSR count). The van der Waals surface area contributed by atoms with Crippen molar-refractivity contribution in [3.8, 4) is 0 Å². The van der Waals surface area contributed by atoms with Gasteiger partial charge in [-0.1, -0.05) is 0 Å². The second-order valence-electron chi connectivity index (χ2n) is 0.